The van der Waals surface area contributed by atoms with Gasteiger partial charge in [-0.2, -0.15) is 0 Å². The van der Waals surface area contributed by atoms with E-state index in [4.69, 9.17) is 0 Å². The van der Waals surface area contributed by atoms with E-state index in [2.05, 4.69) is 36.3 Å². The smallest absolute Gasteiger partial charge is 0.255 e. The minimum Gasteiger partial charge on any atom is -0.358 e. The van der Waals surface area contributed by atoms with Crippen molar-refractivity contribution >= 4 is 28.4 Å². The normalized spacial score (nSPS) is 16.1. The molecular formula is C30H31N3O2. The van der Waals surface area contributed by atoms with Crippen LogP contribution in [-0.4, -0.2) is 27.7 Å². The maximum absolute atomic E-state index is 13.9. The minimum absolute atomic E-state index is 0.0972. The first-order valence-electron chi connectivity index (χ1n) is 12.2. The van der Waals surface area contributed by atoms with Crippen LogP contribution in [0.4, 0.5) is 5.69 Å². The fraction of sp³-hybridized carbons (Fsp3) is 0.267. The molecule has 178 valence electrons. The van der Waals surface area contributed by atoms with Gasteiger partial charge in [0, 0.05) is 33.4 Å². The van der Waals surface area contributed by atoms with Crippen LogP contribution in [0, 0.1) is 19.8 Å². The van der Waals surface area contributed by atoms with Crippen molar-refractivity contribution in [3.8, 4) is 0 Å². The van der Waals surface area contributed by atoms with Crippen molar-refractivity contribution in [2.75, 3.05) is 5.32 Å². The third-order valence-electron chi connectivity index (χ3n) is 6.87. The third kappa shape index (κ3) is 4.12. The second-order valence-electron chi connectivity index (χ2n) is 9.91. The fourth-order valence-electron chi connectivity index (χ4n) is 5.26. The van der Waals surface area contributed by atoms with E-state index in [0.29, 0.717) is 12.0 Å². The lowest BCUT2D eigenvalue weighted by atomic mass is 9.93. The summed E-state index contributed by atoms with van der Waals surface area (Å²) in [5.41, 5.74) is 6.56. The summed E-state index contributed by atoms with van der Waals surface area (Å²) in [5, 5.41) is 4.15. The molecule has 3 aromatic carbocycles. The average molecular weight is 466 g/mol. The number of carbonyl (C=O) groups excluding carboxylic acids is 2. The van der Waals surface area contributed by atoms with Gasteiger partial charge in [-0.3, -0.25) is 9.59 Å². The van der Waals surface area contributed by atoms with Gasteiger partial charge in [-0.15, -0.1) is 0 Å². The van der Waals surface area contributed by atoms with Crippen molar-refractivity contribution in [1.82, 2.24) is 9.88 Å². The Hall–Kier alpha value is -3.86. The molecule has 0 aliphatic carbocycles. The summed E-state index contributed by atoms with van der Waals surface area (Å²) in [6, 6.07) is 22.7. The largest absolute Gasteiger partial charge is 0.358 e. The lowest BCUT2D eigenvalue weighted by Gasteiger charge is -2.34. The van der Waals surface area contributed by atoms with Gasteiger partial charge in [0.2, 0.25) is 5.91 Å². The Labute approximate surface area is 206 Å². The van der Waals surface area contributed by atoms with E-state index in [1.54, 1.807) is 0 Å². The van der Waals surface area contributed by atoms with E-state index >= 15 is 0 Å². The Morgan fingerprint density at radius 1 is 0.971 bits per heavy atom. The van der Waals surface area contributed by atoms with E-state index < -0.39 is 6.04 Å². The lowest BCUT2D eigenvalue weighted by Crippen LogP contribution is -2.47. The molecule has 2 N–H and O–H groups in total. The summed E-state index contributed by atoms with van der Waals surface area (Å²) >= 11 is 0. The molecule has 2 unspecified atom stereocenters. The number of rotatable bonds is 6. The number of carbonyl (C=O) groups is 2. The SMILES string of the molecule is Cc1ccc(NC(=O)C(CC(C)C)N2C(=O)c3ccccc3C2c2c(C)[nH]c3ccccc23)cc1. The van der Waals surface area contributed by atoms with Gasteiger partial charge in [0.1, 0.15) is 6.04 Å². The molecule has 2 amide bonds. The van der Waals surface area contributed by atoms with Crippen LogP contribution in [0.5, 0.6) is 0 Å². The number of hydrogen-bond acceptors (Lipinski definition) is 2. The molecule has 1 aromatic heterocycles. The number of aromatic nitrogens is 1. The molecule has 2 atom stereocenters. The van der Waals surface area contributed by atoms with Crippen LogP contribution in [0.2, 0.25) is 0 Å². The zero-order valence-electron chi connectivity index (χ0n) is 20.6. The predicted octanol–water partition coefficient (Wildman–Crippen LogP) is 6.38. The highest BCUT2D eigenvalue weighted by atomic mass is 16.2. The van der Waals surface area contributed by atoms with Crippen molar-refractivity contribution in [2.24, 2.45) is 5.92 Å². The minimum atomic E-state index is -0.616. The van der Waals surface area contributed by atoms with Crippen molar-refractivity contribution in [3.63, 3.8) is 0 Å². The molecule has 0 saturated carbocycles. The van der Waals surface area contributed by atoms with Gasteiger partial charge in [0.15, 0.2) is 0 Å². The summed E-state index contributed by atoms with van der Waals surface area (Å²) in [7, 11) is 0. The Balaban J connectivity index is 1.63. The number of benzene rings is 3. The summed E-state index contributed by atoms with van der Waals surface area (Å²) in [6.45, 7) is 8.24. The highest BCUT2D eigenvalue weighted by Gasteiger charge is 2.45. The molecule has 5 nitrogen and oxygen atoms in total. The van der Waals surface area contributed by atoms with Gasteiger partial charge in [0.05, 0.1) is 6.04 Å². The first kappa shape index (κ1) is 22.9. The molecule has 0 fully saturated rings. The zero-order valence-corrected chi connectivity index (χ0v) is 20.6. The van der Waals surface area contributed by atoms with Crippen LogP contribution in [0.1, 0.15) is 59.1 Å². The maximum Gasteiger partial charge on any atom is 0.255 e. The van der Waals surface area contributed by atoms with Gasteiger partial charge >= 0.3 is 0 Å². The number of amides is 2. The fourth-order valence-corrected chi connectivity index (χ4v) is 5.26. The molecule has 0 radical (unpaired) electrons. The van der Waals surface area contributed by atoms with Gasteiger partial charge < -0.3 is 15.2 Å². The topological polar surface area (TPSA) is 65.2 Å². The summed E-state index contributed by atoms with van der Waals surface area (Å²) in [6.07, 6.45) is 0.565. The van der Waals surface area contributed by atoms with Crippen LogP contribution in [-0.2, 0) is 4.79 Å². The first-order valence-corrected chi connectivity index (χ1v) is 12.2. The van der Waals surface area contributed by atoms with Crippen LogP contribution >= 0.6 is 0 Å². The number of nitrogens with one attached hydrogen (secondary N) is 2. The molecule has 1 aliphatic heterocycles. The van der Waals surface area contributed by atoms with Crippen molar-refractivity contribution < 1.29 is 9.59 Å². The van der Waals surface area contributed by atoms with Crippen molar-refractivity contribution in [2.45, 2.75) is 46.2 Å². The maximum atomic E-state index is 13.9. The lowest BCUT2D eigenvalue weighted by molar-refractivity contribution is -0.121. The number of aromatic amines is 1. The summed E-state index contributed by atoms with van der Waals surface area (Å²) in [4.78, 5) is 33.0. The second kappa shape index (κ2) is 9.06. The molecule has 0 saturated heterocycles. The van der Waals surface area contributed by atoms with Crippen molar-refractivity contribution in [1.29, 1.82) is 0 Å². The Morgan fingerprint density at radius 2 is 1.66 bits per heavy atom. The van der Waals surface area contributed by atoms with Crippen LogP contribution in [0.25, 0.3) is 10.9 Å². The number of nitrogens with zero attached hydrogens (tertiary/aromatic N) is 1. The molecular weight excluding hydrogens is 434 g/mol. The first-order chi connectivity index (χ1) is 16.8. The third-order valence-corrected chi connectivity index (χ3v) is 6.87. The van der Waals surface area contributed by atoms with E-state index in [0.717, 1.165) is 39.0 Å². The number of fused-ring (bicyclic) bond motifs is 2. The second-order valence-corrected chi connectivity index (χ2v) is 9.91. The number of hydrogen-bond donors (Lipinski definition) is 2. The zero-order chi connectivity index (χ0) is 24.7. The molecule has 5 rings (SSSR count). The van der Waals surface area contributed by atoms with Gasteiger partial charge in [-0.1, -0.05) is 67.9 Å². The van der Waals surface area contributed by atoms with Gasteiger partial charge in [-0.05, 0) is 56.0 Å². The Bertz CT molecular complexity index is 1400. The Kier molecular flexibility index (Phi) is 5.93. The Morgan fingerprint density at radius 3 is 2.40 bits per heavy atom. The molecule has 0 spiro atoms. The van der Waals surface area contributed by atoms with Crippen LogP contribution < -0.4 is 5.32 Å². The van der Waals surface area contributed by atoms with E-state index in [-0.39, 0.29) is 23.8 Å². The molecule has 5 heteroatoms. The van der Waals surface area contributed by atoms with E-state index in [1.165, 1.54) is 0 Å². The van der Waals surface area contributed by atoms with Gasteiger partial charge in [0.25, 0.3) is 5.91 Å². The van der Waals surface area contributed by atoms with Crippen molar-refractivity contribution in [3.05, 3.63) is 101 Å². The number of aryl methyl sites for hydroxylation is 2. The number of H-pyrrole nitrogens is 1. The quantitative estimate of drug-likeness (QED) is 0.347. The van der Waals surface area contributed by atoms with E-state index in [9.17, 15) is 9.59 Å². The molecule has 1 aliphatic rings. The molecule has 4 aromatic rings. The summed E-state index contributed by atoms with van der Waals surface area (Å²) in [5.74, 6) is -0.0313. The van der Waals surface area contributed by atoms with Gasteiger partial charge in [-0.25, -0.2) is 0 Å². The number of para-hydroxylation sites is 1. The average Bonchev–Trinajstić information content (AvgIpc) is 3.31. The molecule has 2 heterocycles. The molecule has 0 bridgehead atoms. The number of anilines is 1. The monoisotopic (exact) mass is 465 g/mol. The van der Waals surface area contributed by atoms with E-state index in [1.807, 2.05) is 79.4 Å². The highest BCUT2D eigenvalue weighted by molar-refractivity contribution is 6.05. The highest BCUT2D eigenvalue weighted by Crippen LogP contribution is 2.44. The van der Waals surface area contributed by atoms with Crippen LogP contribution in [0.15, 0.2) is 72.8 Å². The summed E-state index contributed by atoms with van der Waals surface area (Å²) < 4.78 is 0. The van der Waals surface area contributed by atoms with Crippen LogP contribution in [0.3, 0.4) is 0 Å². The standard InChI is InChI=1S/C30H31N3O2/c1-18(2)17-26(29(34)32-21-15-13-19(3)14-16-21)33-28(22-9-5-6-10-23(22)30(33)35)27-20(4)31-25-12-8-7-11-24(25)27/h5-16,18,26,28,31H,17H2,1-4H3,(H,32,34). The predicted molar refractivity (Wildman–Crippen MR) is 141 cm³/mol. The molecule has 35 heavy (non-hydrogen) atoms.